The molecule has 2 heterocycles. The maximum absolute atomic E-state index is 11.0. The van der Waals surface area contributed by atoms with Crippen molar-refractivity contribution in [2.24, 2.45) is 0 Å². The number of alkyl carbamates (subject to hydrolysis) is 1. The zero-order valence-corrected chi connectivity index (χ0v) is 15.5. The summed E-state index contributed by atoms with van der Waals surface area (Å²) in [5.74, 6) is 6.97. The Labute approximate surface area is 162 Å². The fourth-order valence-corrected chi connectivity index (χ4v) is 2.85. The van der Waals surface area contributed by atoms with Crippen molar-refractivity contribution in [3.63, 3.8) is 0 Å². The molecule has 6 heteroatoms. The molecule has 1 saturated heterocycles. The molecule has 1 fully saturated rings. The molecule has 1 N–H and O–H groups in total. The monoisotopic (exact) mass is 378 g/mol. The molecule has 1 aliphatic rings. The van der Waals surface area contributed by atoms with Crippen molar-refractivity contribution in [3.8, 4) is 17.6 Å². The predicted octanol–water partition coefficient (Wildman–Crippen LogP) is 4.02. The average molecular weight is 378 g/mol. The third-order valence-corrected chi connectivity index (χ3v) is 4.29. The minimum absolute atomic E-state index is 0.0893. The number of hydrogen-bond acceptors (Lipinski definition) is 5. The van der Waals surface area contributed by atoms with Crippen molar-refractivity contribution in [1.82, 2.24) is 10.3 Å². The maximum atomic E-state index is 11.0. The quantitative estimate of drug-likeness (QED) is 0.684. The number of carbonyl (C=O) groups is 1. The second-order valence-corrected chi connectivity index (χ2v) is 6.28. The lowest BCUT2D eigenvalue weighted by Crippen LogP contribution is -2.18. The molecular weight excluding hydrogens is 360 g/mol. The Hall–Kier alpha value is -3.30. The van der Waals surface area contributed by atoms with Gasteiger partial charge in [0.2, 0.25) is 0 Å². The van der Waals surface area contributed by atoms with Gasteiger partial charge in [0.25, 0.3) is 0 Å². The van der Waals surface area contributed by atoms with Crippen molar-refractivity contribution in [2.75, 3.05) is 13.7 Å². The van der Waals surface area contributed by atoms with E-state index in [0.717, 1.165) is 22.6 Å². The van der Waals surface area contributed by atoms with E-state index in [-0.39, 0.29) is 12.1 Å². The van der Waals surface area contributed by atoms with Crippen LogP contribution in [0.25, 0.3) is 0 Å². The van der Waals surface area contributed by atoms with Gasteiger partial charge in [-0.15, -0.1) is 11.3 Å². The first-order chi connectivity index (χ1) is 13.2. The number of aromatic nitrogens is 1. The van der Waals surface area contributed by atoms with Crippen LogP contribution in [0.5, 0.6) is 5.75 Å². The molecule has 27 heavy (non-hydrogen) atoms. The molecule has 0 radical (unpaired) electrons. The first kappa shape index (κ1) is 18.5. The lowest BCUT2D eigenvalue weighted by atomic mass is 10.1. The number of nitrogens with one attached hydrogen (secondary N) is 1. The van der Waals surface area contributed by atoms with Gasteiger partial charge in [-0.1, -0.05) is 36.3 Å². The van der Waals surface area contributed by atoms with Crippen molar-refractivity contribution in [3.05, 3.63) is 82.3 Å². The number of ether oxygens (including phenoxy) is 2. The number of amides is 1. The van der Waals surface area contributed by atoms with E-state index >= 15 is 0 Å². The molecule has 2 aromatic carbocycles. The zero-order valence-electron chi connectivity index (χ0n) is 14.7. The van der Waals surface area contributed by atoms with Gasteiger partial charge in [-0.05, 0) is 35.7 Å². The standard InChI is InChI=1S/C14H10N2O2S.C7H8O/c17-14-16-13(7-18-14)11-3-1-2-10(6-11)4-5-12-8-19-9-15-12;1-8-7-5-3-2-4-6-7/h1-3,6,8-9,13H,7H2,(H,16,17);2-6H,1H3/t13-;/m0./s1. The second-order valence-electron chi connectivity index (χ2n) is 5.56. The third-order valence-electron chi connectivity index (χ3n) is 3.71. The van der Waals surface area contributed by atoms with Crippen LogP contribution < -0.4 is 10.1 Å². The van der Waals surface area contributed by atoms with Crippen LogP contribution >= 0.6 is 11.3 Å². The summed E-state index contributed by atoms with van der Waals surface area (Å²) in [4.78, 5) is 15.1. The molecule has 4 rings (SSSR count). The van der Waals surface area contributed by atoms with E-state index in [9.17, 15) is 4.79 Å². The summed E-state index contributed by atoms with van der Waals surface area (Å²) in [6.07, 6.45) is -0.371. The lowest BCUT2D eigenvalue weighted by Gasteiger charge is -2.07. The van der Waals surface area contributed by atoms with E-state index in [1.54, 1.807) is 12.6 Å². The summed E-state index contributed by atoms with van der Waals surface area (Å²) in [5, 5.41) is 4.65. The number of rotatable bonds is 2. The SMILES string of the molecule is COc1ccccc1.O=C1N[C@H](c2cccc(C#Cc3cscn3)c2)CO1. The van der Waals surface area contributed by atoms with Crippen molar-refractivity contribution < 1.29 is 14.3 Å². The van der Waals surface area contributed by atoms with Gasteiger partial charge in [-0.25, -0.2) is 9.78 Å². The van der Waals surface area contributed by atoms with Crippen molar-refractivity contribution in [2.45, 2.75) is 6.04 Å². The molecule has 136 valence electrons. The van der Waals surface area contributed by atoms with Crippen LogP contribution in [0, 0.1) is 11.8 Å². The van der Waals surface area contributed by atoms with Crippen molar-refractivity contribution >= 4 is 17.4 Å². The highest BCUT2D eigenvalue weighted by Gasteiger charge is 2.23. The third kappa shape index (κ3) is 5.59. The fraction of sp³-hybridized carbons (Fsp3) is 0.143. The molecule has 0 spiro atoms. The predicted molar refractivity (Wildman–Crippen MR) is 105 cm³/mol. The summed E-state index contributed by atoms with van der Waals surface area (Å²) in [7, 11) is 1.66. The minimum atomic E-state index is -0.371. The van der Waals surface area contributed by atoms with Crippen LogP contribution in [0.1, 0.15) is 22.9 Å². The van der Waals surface area contributed by atoms with Gasteiger partial charge in [-0.2, -0.15) is 0 Å². The summed E-state index contributed by atoms with van der Waals surface area (Å²) in [6, 6.07) is 17.4. The number of cyclic esters (lactones) is 1. The first-order valence-electron chi connectivity index (χ1n) is 8.27. The first-order valence-corrected chi connectivity index (χ1v) is 9.21. The van der Waals surface area contributed by atoms with Crippen LogP contribution in [0.4, 0.5) is 4.79 Å². The fourth-order valence-electron chi connectivity index (χ4n) is 2.36. The topological polar surface area (TPSA) is 60.5 Å². The Bertz CT molecular complexity index is 931. The summed E-state index contributed by atoms with van der Waals surface area (Å²) < 4.78 is 9.80. The van der Waals surface area contributed by atoms with Crippen molar-refractivity contribution in [1.29, 1.82) is 0 Å². The molecule has 1 aromatic heterocycles. The van der Waals surface area contributed by atoms with E-state index in [1.165, 1.54) is 11.3 Å². The Kier molecular flexibility index (Phi) is 6.45. The van der Waals surface area contributed by atoms with E-state index < -0.39 is 0 Å². The van der Waals surface area contributed by atoms with Gasteiger partial charge in [0.1, 0.15) is 18.1 Å². The molecule has 3 aromatic rings. The van der Waals surface area contributed by atoms with Gasteiger partial charge >= 0.3 is 6.09 Å². The summed E-state index contributed by atoms with van der Waals surface area (Å²) in [5.41, 5.74) is 4.42. The van der Waals surface area contributed by atoms with Gasteiger partial charge in [-0.3, -0.25) is 0 Å². The number of benzene rings is 2. The number of methoxy groups -OCH3 is 1. The highest BCUT2D eigenvalue weighted by Crippen LogP contribution is 2.18. The molecule has 0 saturated carbocycles. The molecule has 1 aliphatic heterocycles. The Morgan fingerprint density at radius 2 is 2.04 bits per heavy atom. The van der Waals surface area contributed by atoms with Crippen LogP contribution in [0.2, 0.25) is 0 Å². The Morgan fingerprint density at radius 3 is 2.67 bits per heavy atom. The maximum Gasteiger partial charge on any atom is 0.407 e. The van der Waals surface area contributed by atoms with Gasteiger partial charge in [0.05, 0.1) is 18.7 Å². The second kappa shape index (κ2) is 9.41. The minimum Gasteiger partial charge on any atom is -0.497 e. The van der Waals surface area contributed by atoms with Crippen LogP contribution in [0.3, 0.4) is 0 Å². The summed E-state index contributed by atoms with van der Waals surface area (Å²) in [6.45, 7) is 0.363. The number of hydrogen-bond donors (Lipinski definition) is 1. The molecule has 0 aliphatic carbocycles. The number of carbonyl (C=O) groups excluding carboxylic acids is 1. The van der Waals surface area contributed by atoms with Crippen LogP contribution in [0.15, 0.2) is 65.5 Å². The van der Waals surface area contributed by atoms with E-state index in [2.05, 4.69) is 22.1 Å². The molecule has 0 unspecified atom stereocenters. The number of nitrogens with zero attached hydrogens (tertiary/aromatic N) is 1. The molecule has 0 bridgehead atoms. The summed E-state index contributed by atoms with van der Waals surface area (Å²) >= 11 is 1.52. The molecule has 5 nitrogen and oxygen atoms in total. The zero-order chi connectivity index (χ0) is 18.9. The lowest BCUT2D eigenvalue weighted by molar-refractivity contribution is 0.177. The Morgan fingerprint density at radius 1 is 1.19 bits per heavy atom. The van der Waals surface area contributed by atoms with E-state index in [1.807, 2.05) is 60.0 Å². The van der Waals surface area contributed by atoms with Gasteiger partial charge < -0.3 is 14.8 Å². The highest BCUT2D eigenvalue weighted by atomic mass is 32.1. The number of thiazole rings is 1. The van der Waals surface area contributed by atoms with E-state index in [4.69, 9.17) is 9.47 Å². The van der Waals surface area contributed by atoms with Crippen LogP contribution in [-0.4, -0.2) is 24.8 Å². The molecular formula is C21H18N2O3S. The normalized spacial score (nSPS) is 14.7. The smallest absolute Gasteiger partial charge is 0.407 e. The van der Waals surface area contributed by atoms with E-state index in [0.29, 0.717) is 6.61 Å². The Balaban J connectivity index is 0.000000221. The molecule has 1 amide bonds. The van der Waals surface area contributed by atoms with Gasteiger partial charge in [0.15, 0.2) is 0 Å². The molecule has 1 atom stereocenters. The largest absolute Gasteiger partial charge is 0.497 e. The average Bonchev–Trinajstić information content (AvgIpc) is 3.39. The van der Waals surface area contributed by atoms with Crippen LogP contribution in [-0.2, 0) is 4.74 Å². The van der Waals surface area contributed by atoms with Gasteiger partial charge in [0, 0.05) is 10.9 Å². The highest BCUT2D eigenvalue weighted by molar-refractivity contribution is 7.07. The number of para-hydroxylation sites is 1.